The Bertz CT molecular complexity index is 522. The van der Waals surface area contributed by atoms with Gasteiger partial charge in [-0.3, -0.25) is 0 Å². The summed E-state index contributed by atoms with van der Waals surface area (Å²) in [5.41, 5.74) is 0.886. The zero-order valence-corrected chi connectivity index (χ0v) is 8.01. The molecule has 2 nitrogen and oxygen atoms in total. The maximum atomic E-state index is 10.3. The summed E-state index contributed by atoms with van der Waals surface area (Å²) in [6.45, 7) is 0. The van der Waals surface area contributed by atoms with Crippen LogP contribution in [-0.4, -0.2) is 5.97 Å². The average Bonchev–Trinajstić information content (AvgIpc) is 2.26. The first kappa shape index (κ1) is 9.46. The van der Waals surface area contributed by atoms with E-state index in [1.165, 1.54) is 0 Å². The van der Waals surface area contributed by atoms with Crippen molar-refractivity contribution in [3.63, 3.8) is 0 Å². The number of carboxylic acids is 1. The van der Waals surface area contributed by atoms with Gasteiger partial charge in [0.2, 0.25) is 0 Å². The van der Waals surface area contributed by atoms with E-state index in [0.717, 1.165) is 22.4 Å². The van der Waals surface area contributed by atoms with Crippen molar-refractivity contribution in [2.75, 3.05) is 0 Å². The maximum Gasteiger partial charge on any atom is 0.0643 e. The lowest BCUT2D eigenvalue weighted by atomic mass is 10.0. The van der Waals surface area contributed by atoms with Gasteiger partial charge in [-0.05, 0) is 22.4 Å². The molecule has 2 aromatic rings. The number of fused-ring (bicyclic) bond motifs is 1. The van der Waals surface area contributed by atoms with Gasteiger partial charge in [0.1, 0.15) is 0 Å². The minimum atomic E-state index is -1.18. The lowest BCUT2D eigenvalue weighted by molar-refractivity contribution is -0.297. The first-order chi connectivity index (χ1) is 7.27. The Balaban J connectivity index is 2.56. The van der Waals surface area contributed by atoms with Gasteiger partial charge < -0.3 is 9.90 Å². The SMILES string of the molecule is O=C([O-])/C=C\c1cccc2ccccc12. The highest BCUT2D eigenvalue weighted by atomic mass is 16.4. The summed E-state index contributed by atoms with van der Waals surface area (Å²) < 4.78 is 0. The molecular formula is C13H9O2-. The highest BCUT2D eigenvalue weighted by Gasteiger charge is 1.95. The third-order valence-electron chi connectivity index (χ3n) is 2.22. The van der Waals surface area contributed by atoms with Crippen molar-refractivity contribution in [2.45, 2.75) is 0 Å². The zero-order chi connectivity index (χ0) is 10.7. The highest BCUT2D eigenvalue weighted by molar-refractivity contribution is 5.93. The van der Waals surface area contributed by atoms with Crippen LogP contribution in [0.1, 0.15) is 5.56 Å². The Morgan fingerprint density at radius 3 is 2.60 bits per heavy atom. The van der Waals surface area contributed by atoms with E-state index in [0.29, 0.717) is 0 Å². The van der Waals surface area contributed by atoms with Crippen LogP contribution in [0.15, 0.2) is 48.5 Å². The third-order valence-corrected chi connectivity index (χ3v) is 2.22. The van der Waals surface area contributed by atoms with Gasteiger partial charge in [0.25, 0.3) is 0 Å². The second-order valence-electron chi connectivity index (χ2n) is 3.22. The number of hydrogen-bond acceptors (Lipinski definition) is 2. The minimum Gasteiger partial charge on any atom is -0.545 e. The van der Waals surface area contributed by atoms with E-state index in [1.807, 2.05) is 42.5 Å². The smallest absolute Gasteiger partial charge is 0.0643 e. The first-order valence-corrected chi connectivity index (χ1v) is 4.64. The van der Waals surface area contributed by atoms with Crippen LogP contribution >= 0.6 is 0 Å². The molecule has 0 aromatic heterocycles. The molecule has 0 spiro atoms. The van der Waals surface area contributed by atoms with Gasteiger partial charge in [0.05, 0.1) is 5.97 Å². The van der Waals surface area contributed by atoms with Crippen molar-refractivity contribution in [3.05, 3.63) is 54.1 Å². The Morgan fingerprint density at radius 1 is 1.07 bits per heavy atom. The van der Waals surface area contributed by atoms with E-state index < -0.39 is 5.97 Å². The molecule has 0 atom stereocenters. The van der Waals surface area contributed by atoms with E-state index in [2.05, 4.69) is 0 Å². The molecule has 0 fully saturated rings. The minimum absolute atomic E-state index is 0.886. The van der Waals surface area contributed by atoms with Crippen LogP contribution in [0.3, 0.4) is 0 Å². The second kappa shape index (κ2) is 3.96. The summed E-state index contributed by atoms with van der Waals surface area (Å²) >= 11 is 0. The van der Waals surface area contributed by atoms with Crippen LogP contribution in [0.25, 0.3) is 16.8 Å². The van der Waals surface area contributed by atoms with Gasteiger partial charge in [-0.15, -0.1) is 0 Å². The van der Waals surface area contributed by atoms with Gasteiger partial charge in [-0.25, -0.2) is 0 Å². The molecule has 0 bridgehead atoms. The Morgan fingerprint density at radius 2 is 1.80 bits per heavy atom. The fraction of sp³-hybridized carbons (Fsp3) is 0. The Kier molecular flexibility index (Phi) is 2.50. The summed E-state index contributed by atoms with van der Waals surface area (Å²) in [6.07, 6.45) is 2.60. The van der Waals surface area contributed by atoms with Crippen molar-refractivity contribution < 1.29 is 9.90 Å². The van der Waals surface area contributed by atoms with Crippen LogP contribution in [0, 0.1) is 0 Å². The van der Waals surface area contributed by atoms with Crippen molar-refractivity contribution in [2.24, 2.45) is 0 Å². The van der Waals surface area contributed by atoms with Crippen LogP contribution in [0.5, 0.6) is 0 Å². The monoisotopic (exact) mass is 197 g/mol. The van der Waals surface area contributed by atoms with E-state index in [1.54, 1.807) is 6.08 Å². The highest BCUT2D eigenvalue weighted by Crippen LogP contribution is 2.19. The van der Waals surface area contributed by atoms with Crippen molar-refractivity contribution >= 4 is 22.8 Å². The molecule has 2 rings (SSSR count). The molecule has 0 N–H and O–H groups in total. The number of aliphatic carboxylic acids is 1. The lowest BCUT2D eigenvalue weighted by Crippen LogP contribution is -2.18. The van der Waals surface area contributed by atoms with Crippen LogP contribution < -0.4 is 5.11 Å². The van der Waals surface area contributed by atoms with E-state index in [-0.39, 0.29) is 0 Å². The molecule has 15 heavy (non-hydrogen) atoms. The Labute approximate surface area is 87.5 Å². The summed E-state index contributed by atoms with van der Waals surface area (Å²) in [5, 5.41) is 12.4. The van der Waals surface area contributed by atoms with Crippen LogP contribution in [-0.2, 0) is 4.79 Å². The van der Waals surface area contributed by atoms with Crippen LogP contribution in [0.2, 0.25) is 0 Å². The molecule has 0 amide bonds. The largest absolute Gasteiger partial charge is 0.545 e. The molecule has 0 unspecified atom stereocenters. The predicted octanol–water partition coefficient (Wildman–Crippen LogP) is 1.60. The van der Waals surface area contributed by atoms with E-state index >= 15 is 0 Å². The Hall–Kier alpha value is -2.09. The van der Waals surface area contributed by atoms with Gasteiger partial charge in [-0.1, -0.05) is 48.5 Å². The maximum absolute atomic E-state index is 10.3. The standard InChI is InChI=1S/C13H10O2/c14-13(15)9-8-11-6-3-5-10-4-1-2-7-12(10)11/h1-9H,(H,14,15)/p-1/b9-8-. The number of benzene rings is 2. The topological polar surface area (TPSA) is 40.1 Å². The molecule has 0 aliphatic rings. The predicted molar refractivity (Wildman–Crippen MR) is 58.0 cm³/mol. The molecule has 0 heterocycles. The second-order valence-corrected chi connectivity index (χ2v) is 3.22. The average molecular weight is 197 g/mol. The van der Waals surface area contributed by atoms with Crippen molar-refractivity contribution in [1.82, 2.24) is 0 Å². The lowest BCUT2D eigenvalue weighted by Gasteiger charge is -2.01. The van der Waals surface area contributed by atoms with E-state index in [4.69, 9.17) is 0 Å². The molecule has 2 heteroatoms. The molecule has 0 aliphatic carbocycles. The number of hydrogen-bond donors (Lipinski definition) is 0. The number of carboxylic acid groups (broad SMARTS) is 1. The third kappa shape index (κ3) is 2.05. The zero-order valence-electron chi connectivity index (χ0n) is 8.01. The fourth-order valence-corrected chi connectivity index (χ4v) is 1.55. The first-order valence-electron chi connectivity index (χ1n) is 4.64. The molecule has 74 valence electrons. The molecule has 0 radical (unpaired) electrons. The summed E-state index contributed by atoms with van der Waals surface area (Å²) in [4.78, 5) is 10.3. The normalized spacial score (nSPS) is 10.9. The number of carbonyl (C=O) groups is 1. The van der Waals surface area contributed by atoms with Gasteiger partial charge in [0.15, 0.2) is 0 Å². The fourth-order valence-electron chi connectivity index (χ4n) is 1.55. The quantitative estimate of drug-likeness (QED) is 0.686. The summed E-state index contributed by atoms with van der Waals surface area (Å²) in [6, 6.07) is 13.6. The number of rotatable bonds is 2. The summed E-state index contributed by atoms with van der Waals surface area (Å²) in [7, 11) is 0. The molecule has 2 aromatic carbocycles. The van der Waals surface area contributed by atoms with Crippen molar-refractivity contribution in [3.8, 4) is 0 Å². The van der Waals surface area contributed by atoms with Gasteiger partial charge >= 0.3 is 0 Å². The number of carbonyl (C=O) groups excluding carboxylic acids is 1. The molecule has 0 saturated carbocycles. The van der Waals surface area contributed by atoms with Gasteiger partial charge in [-0.2, -0.15) is 0 Å². The van der Waals surface area contributed by atoms with Crippen LogP contribution in [0.4, 0.5) is 0 Å². The molecule has 0 saturated heterocycles. The molecule has 0 aliphatic heterocycles. The summed E-state index contributed by atoms with van der Waals surface area (Å²) in [5.74, 6) is -1.18. The van der Waals surface area contributed by atoms with E-state index in [9.17, 15) is 9.90 Å². The van der Waals surface area contributed by atoms with Crippen molar-refractivity contribution in [1.29, 1.82) is 0 Å². The molecular weight excluding hydrogens is 188 g/mol. The van der Waals surface area contributed by atoms with Gasteiger partial charge in [0, 0.05) is 0 Å².